The first-order valence-electron chi connectivity index (χ1n) is 6.69. The molecule has 20 heavy (non-hydrogen) atoms. The van der Waals surface area contributed by atoms with E-state index < -0.39 is 17.4 Å². The van der Waals surface area contributed by atoms with Crippen molar-refractivity contribution in [2.24, 2.45) is 0 Å². The summed E-state index contributed by atoms with van der Waals surface area (Å²) in [5.41, 5.74) is -0.533. The fraction of sp³-hybridized carbons (Fsp3) is 0.500. The van der Waals surface area contributed by atoms with Gasteiger partial charge in [-0.2, -0.15) is 0 Å². The van der Waals surface area contributed by atoms with E-state index in [2.05, 4.69) is 5.32 Å². The van der Waals surface area contributed by atoms with Crippen LogP contribution in [0.25, 0.3) is 0 Å². The quantitative estimate of drug-likeness (QED) is 0.830. The van der Waals surface area contributed by atoms with Crippen LogP contribution in [-0.2, 0) is 16.1 Å². The lowest BCUT2D eigenvalue weighted by Crippen LogP contribution is -2.65. The number of nitrogens with zero attached hydrogens (tertiary/aromatic N) is 2. The van der Waals surface area contributed by atoms with Gasteiger partial charge in [-0.1, -0.05) is 6.92 Å². The molecule has 0 unspecified atom stereocenters. The van der Waals surface area contributed by atoms with Crippen LogP contribution in [0.15, 0.2) is 18.3 Å². The standard InChI is InChI=1S/C14H19N3O3/c1-4-7-16-8-5-6-10(16)12(19)17-9-11(18)15-13(20)14(17,2)3/h5-6,8H,4,7,9H2,1-3H3,(H,15,18,20). The highest BCUT2D eigenvalue weighted by atomic mass is 16.2. The van der Waals surface area contributed by atoms with Crippen LogP contribution in [0.3, 0.4) is 0 Å². The number of rotatable bonds is 3. The van der Waals surface area contributed by atoms with Crippen molar-refractivity contribution in [2.75, 3.05) is 6.54 Å². The van der Waals surface area contributed by atoms with Crippen LogP contribution in [0, 0.1) is 0 Å². The monoisotopic (exact) mass is 277 g/mol. The fourth-order valence-corrected chi connectivity index (χ4v) is 2.29. The minimum Gasteiger partial charge on any atom is -0.344 e. The zero-order valence-corrected chi connectivity index (χ0v) is 12.0. The lowest BCUT2D eigenvalue weighted by atomic mass is 9.98. The number of nitrogens with one attached hydrogen (secondary N) is 1. The molecule has 0 saturated carbocycles. The maximum atomic E-state index is 12.6. The van der Waals surface area contributed by atoms with Gasteiger partial charge in [-0.15, -0.1) is 0 Å². The lowest BCUT2D eigenvalue weighted by molar-refractivity contribution is -0.143. The second kappa shape index (κ2) is 5.11. The van der Waals surface area contributed by atoms with E-state index in [-0.39, 0.29) is 12.5 Å². The van der Waals surface area contributed by atoms with Crippen molar-refractivity contribution in [3.8, 4) is 0 Å². The van der Waals surface area contributed by atoms with E-state index >= 15 is 0 Å². The molecule has 0 radical (unpaired) electrons. The summed E-state index contributed by atoms with van der Waals surface area (Å²) in [6, 6.07) is 3.51. The Morgan fingerprint density at radius 3 is 2.75 bits per heavy atom. The minimum atomic E-state index is -1.04. The van der Waals surface area contributed by atoms with E-state index in [4.69, 9.17) is 0 Å². The van der Waals surface area contributed by atoms with E-state index in [0.717, 1.165) is 13.0 Å². The van der Waals surface area contributed by atoms with Gasteiger partial charge in [0.15, 0.2) is 0 Å². The predicted molar refractivity (Wildman–Crippen MR) is 73.0 cm³/mol. The van der Waals surface area contributed by atoms with Gasteiger partial charge >= 0.3 is 0 Å². The van der Waals surface area contributed by atoms with Crippen LogP contribution in [0.4, 0.5) is 0 Å². The lowest BCUT2D eigenvalue weighted by Gasteiger charge is -2.40. The Balaban J connectivity index is 2.33. The molecular formula is C14H19N3O3. The summed E-state index contributed by atoms with van der Waals surface area (Å²) in [4.78, 5) is 37.4. The molecule has 2 heterocycles. The normalized spacial score (nSPS) is 18.1. The van der Waals surface area contributed by atoms with Crippen LogP contribution >= 0.6 is 0 Å². The molecule has 0 atom stereocenters. The first-order chi connectivity index (χ1) is 9.37. The molecule has 0 spiro atoms. The molecule has 1 fully saturated rings. The van der Waals surface area contributed by atoms with Gasteiger partial charge in [-0.05, 0) is 32.4 Å². The van der Waals surface area contributed by atoms with Crippen molar-refractivity contribution in [3.63, 3.8) is 0 Å². The molecule has 108 valence electrons. The number of carbonyl (C=O) groups is 3. The van der Waals surface area contributed by atoms with E-state index in [1.54, 1.807) is 26.0 Å². The molecule has 6 heteroatoms. The van der Waals surface area contributed by atoms with Crippen LogP contribution in [-0.4, -0.2) is 39.3 Å². The molecule has 0 aliphatic carbocycles. The number of carbonyl (C=O) groups excluding carboxylic acids is 3. The zero-order chi connectivity index (χ0) is 14.9. The highest BCUT2D eigenvalue weighted by molar-refractivity contribution is 6.08. The average Bonchev–Trinajstić information content (AvgIpc) is 2.82. The van der Waals surface area contributed by atoms with Crippen molar-refractivity contribution in [1.29, 1.82) is 0 Å². The number of piperazine rings is 1. The van der Waals surface area contributed by atoms with Crippen molar-refractivity contribution in [1.82, 2.24) is 14.8 Å². The summed E-state index contributed by atoms with van der Waals surface area (Å²) in [6.07, 6.45) is 2.73. The summed E-state index contributed by atoms with van der Waals surface area (Å²) < 4.78 is 1.84. The van der Waals surface area contributed by atoms with Crippen molar-refractivity contribution in [2.45, 2.75) is 39.3 Å². The van der Waals surface area contributed by atoms with E-state index in [1.807, 2.05) is 17.7 Å². The second-order valence-corrected chi connectivity index (χ2v) is 5.41. The van der Waals surface area contributed by atoms with Crippen LogP contribution < -0.4 is 5.32 Å². The van der Waals surface area contributed by atoms with Crippen molar-refractivity contribution < 1.29 is 14.4 Å². The molecule has 0 bridgehead atoms. The SMILES string of the molecule is CCCn1cccc1C(=O)N1CC(=O)NC(=O)C1(C)C. The molecule has 2 rings (SSSR count). The highest BCUT2D eigenvalue weighted by Gasteiger charge is 2.44. The summed E-state index contributed by atoms with van der Waals surface area (Å²) >= 11 is 0. The van der Waals surface area contributed by atoms with Crippen LogP contribution in [0.5, 0.6) is 0 Å². The van der Waals surface area contributed by atoms with Crippen LogP contribution in [0.2, 0.25) is 0 Å². The minimum absolute atomic E-state index is 0.102. The number of aromatic nitrogens is 1. The number of hydrogen-bond acceptors (Lipinski definition) is 3. The van der Waals surface area contributed by atoms with Gasteiger partial charge in [-0.25, -0.2) is 0 Å². The third kappa shape index (κ3) is 2.33. The molecule has 1 aromatic rings. The molecule has 1 aliphatic rings. The smallest absolute Gasteiger partial charge is 0.271 e. The van der Waals surface area contributed by atoms with E-state index in [1.165, 1.54) is 4.90 Å². The Bertz CT molecular complexity index is 560. The van der Waals surface area contributed by atoms with Gasteiger partial charge in [-0.3, -0.25) is 19.7 Å². The van der Waals surface area contributed by atoms with Gasteiger partial charge in [0, 0.05) is 12.7 Å². The van der Waals surface area contributed by atoms with Gasteiger partial charge in [0.25, 0.3) is 11.8 Å². The zero-order valence-electron chi connectivity index (χ0n) is 12.0. The molecule has 1 aliphatic heterocycles. The number of imide groups is 1. The molecular weight excluding hydrogens is 258 g/mol. The highest BCUT2D eigenvalue weighted by Crippen LogP contribution is 2.21. The van der Waals surface area contributed by atoms with Gasteiger partial charge in [0.1, 0.15) is 17.8 Å². The first-order valence-corrected chi connectivity index (χ1v) is 6.69. The third-order valence-electron chi connectivity index (χ3n) is 3.54. The fourth-order valence-electron chi connectivity index (χ4n) is 2.29. The van der Waals surface area contributed by atoms with E-state index in [9.17, 15) is 14.4 Å². The molecule has 1 saturated heterocycles. The van der Waals surface area contributed by atoms with Crippen LogP contribution in [0.1, 0.15) is 37.7 Å². The Labute approximate surface area is 117 Å². The summed E-state index contributed by atoms with van der Waals surface area (Å²) in [5.74, 6) is -1.19. The second-order valence-electron chi connectivity index (χ2n) is 5.41. The van der Waals surface area contributed by atoms with Crippen molar-refractivity contribution >= 4 is 17.7 Å². The maximum Gasteiger partial charge on any atom is 0.271 e. The first kappa shape index (κ1) is 14.3. The third-order valence-corrected chi connectivity index (χ3v) is 3.54. The predicted octanol–water partition coefficient (Wildman–Crippen LogP) is 0.775. The van der Waals surface area contributed by atoms with Gasteiger partial charge in [0.2, 0.25) is 5.91 Å². The number of amides is 3. The van der Waals surface area contributed by atoms with E-state index in [0.29, 0.717) is 5.69 Å². The number of aryl methyl sites for hydroxylation is 1. The van der Waals surface area contributed by atoms with Gasteiger partial charge in [0.05, 0.1) is 0 Å². The topological polar surface area (TPSA) is 71.4 Å². The number of hydrogen-bond donors (Lipinski definition) is 1. The Hall–Kier alpha value is -2.11. The molecule has 0 aromatic carbocycles. The molecule has 6 nitrogen and oxygen atoms in total. The largest absolute Gasteiger partial charge is 0.344 e. The Morgan fingerprint density at radius 2 is 2.10 bits per heavy atom. The molecule has 3 amide bonds. The Kier molecular flexibility index (Phi) is 3.65. The van der Waals surface area contributed by atoms with Gasteiger partial charge < -0.3 is 9.47 Å². The van der Waals surface area contributed by atoms with Crippen molar-refractivity contribution in [3.05, 3.63) is 24.0 Å². The average molecular weight is 277 g/mol. The summed E-state index contributed by atoms with van der Waals surface area (Å²) in [5, 5.41) is 2.26. The summed E-state index contributed by atoms with van der Waals surface area (Å²) in [6.45, 7) is 5.92. The Morgan fingerprint density at radius 1 is 1.40 bits per heavy atom. The maximum absolute atomic E-state index is 12.6. The molecule has 1 N–H and O–H groups in total. The summed E-state index contributed by atoms with van der Waals surface area (Å²) in [7, 11) is 0. The molecule has 1 aromatic heterocycles.